The molecule has 6 heteroatoms. The van der Waals surface area contributed by atoms with Crippen molar-refractivity contribution in [3.63, 3.8) is 0 Å². The van der Waals surface area contributed by atoms with Crippen molar-refractivity contribution < 1.29 is 0 Å². The highest BCUT2D eigenvalue weighted by atomic mass is 15.2. The first-order valence-corrected chi connectivity index (χ1v) is 16.8. The van der Waals surface area contributed by atoms with E-state index in [4.69, 9.17) is 9.97 Å². The fourth-order valence-corrected chi connectivity index (χ4v) is 7.66. The van der Waals surface area contributed by atoms with Crippen LogP contribution in [0.4, 0.5) is 28.4 Å². The minimum Gasteiger partial charge on any atom is -0.334 e. The van der Waals surface area contributed by atoms with Gasteiger partial charge < -0.3 is 9.80 Å². The molecule has 2 atom stereocenters. The molecule has 5 aromatic carbocycles. The average molecular weight is 643 g/mol. The van der Waals surface area contributed by atoms with Crippen LogP contribution in [0.1, 0.15) is 28.1 Å². The van der Waals surface area contributed by atoms with Gasteiger partial charge in [0.15, 0.2) is 11.4 Å². The second kappa shape index (κ2) is 12.0. The van der Waals surface area contributed by atoms with Crippen LogP contribution in [0.2, 0.25) is 0 Å². The number of fused-ring (bicyclic) bond motifs is 4. The van der Waals surface area contributed by atoms with E-state index < -0.39 is 0 Å². The van der Waals surface area contributed by atoms with E-state index in [9.17, 15) is 10.5 Å². The molecule has 50 heavy (non-hydrogen) atoms. The van der Waals surface area contributed by atoms with Gasteiger partial charge in [0.2, 0.25) is 0 Å². The third kappa shape index (κ3) is 4.86. The SMILES string of the molecule is N#Cc1nc(-c2ccc(N3c4ccccc4CC4C=CC=CC43)cc2)c(C#N)nc1-c1ccc(N2c3ccccc3Cc3ccccc32)cc1. The molecule has 1 aromatic heterocycles. The Morgan fingerprint density at radius 1 is 0.540 bits per heavy atom. The molecule has 0 saturated heterocycles. The number of nitriles is 2. The fraction of sp³-hybridized carbons (Fsp3) is 0.0909. The maximum Gasteiger partial charge on any atom is 0.167 e. The van der Waals surface area contributed by atoms with E-state index in [0.29, 0.717) is 17.3 Å². The maximum atomic E-state index is 10.2. The minimum atomic E-state index is 0.177. The molecule has 0 spiro atoms. The van der Waals surface area contributed by atoms with E-state index >= 15 is 0 Å². The fourth-order valence-electron chi connectivity index (χ4n) is 7.66. The van der Waals surface area contributed by atoms with E-state index in [2.05, 4.69) is 131 Å². The summed E-state index contributed by atoms with van der Waals surface area (Å²) in [6.45, 7) is 0. The molecule has 0 bridgehead atoms. The van der Waals surface area contributed by atoms with Gasteiger partial charge in [-0.1, -0.05) is 103 Å². The van der Waals surface area contributed by atoms with Crippen molar-refractivity contribution in [2.45, 2.75) is 18.9 Å². The van der Waals surface area contributed by atoms with Crippen LogP contribution in [-0.2, 0) is 12.8 Å². The smallest absolute Gasteiger partial charge is 0.167 e. The van der Waals surface area contributed by atoms with E-state index in [0.717, 1.165) is 46.7 Å². The van der Waals surface area contributed by atoms with E-state index in [1.54, 1.807) is 0 Å². The molecule has 0 amide bonds. The van der Waals surface area contributed by atoms with Gasteiger partial charge in [-0.15, -0.1) is 0 Å². The minimum absolute atomic E-state index is 0.177. The standard InChI is InChI=1S/C44H30N6/c45-27-37-43(29-17-21-35(22-18-29)49-39-13-5-1-9-31(39)25-32-10-2-6-14-40(32)49)47-38(28-46)44(48-37)30-19-23-36(24-20-30)50-41-15-7-3-11-33(41)26-34-12-4-8-16-42(34)50/h1-24,31,39H,25-26H2. The Morgan fingerprint density at radius 3 is 1.62 bits per heavy atom. The van der Waals surface area contributed by atoms with Gasteiger partial charge >= 0.3 is 0 Å². The Balaban J connectivity index is 1.05. The molecule has 6 aromatic rings. The molecular weight excluding hydrogens is 613 g/mol. The molecule has 9 rings (SSSR count). The summed E-state index contributed by atoms with van der Waals surface area (Å²) in [6, 6.07) is 46.3. The number of hydrogen-bond acceptors (Lipinski definition) is 6. The average Bonchev–Trinajstić information content (AvgIpc) is 3.18. The summed E-state index contributed by atoms with van der Waals surface area (Å²) in [4.78, 5) is 14.1. The zero-order chi connectivity index (χ0) is 33.6. The first kappa shape index (κ1) is 29.4. The van der Waals surface area contributed by atoms with Gasteiger partial charge in [0.05, 0.1) is 6.04 Å². The molecule has 0 N–H and O–H groups in total. The number of rotatable bonds is 4. The van der Waals surface area contributed by atoms with Crippen molar-refractivity contribution in [3.05, 3.63) is 174 Å². The number of nitrogens with zero attached hydrogens (tertiary/aromatic N) is 6. The van der Waals surface area contributed by atoms with Crippen LogP contribution in [-0.4, -0.2) is 16.0 Å². The van der Waals surface area contributed by atoms with Crippen molar-refractivity contribution in [1.29, 1.82) is 10.5 Å². The Bertz CT molecular complexity index is 2380. The highest BCUT2D eigenvalue weighted by molar-refractivity contribution is 5.84. The van der Waals surface area contributed by atoms with Gasteiger partial charge in [0.25, 0.3) is 0 Å². The molecule has 3 aliphatic rings. The summed E-state index contributed by atoms with van der Waals surface area (Å²) in [5, 5.41) is 20.5. The topological polar surface area (TPSA) is 79.8 Å². The quantitative estimate of drug-likeness (QED) is 0.190. The summed E-state index contributed by atoms with van der Waals surface area (Å²) in [5.41, 5.74) is 12.0. The lowest BCUT2D eigenvalue weighted by Gasteiger charge is -2.42. The molecular formula is C44H30N6. The molecule has 2 unspecified atom stereocenters. The van der Waals surface area contributed by atoms with Crippen molar-refractivity contribution in [2.24, 2.45) is 5.92 Å². The van der Waals surface area contributed by atoms with Gasteiger partial charge in [-0.3, -0.25) is 0 Å². The van der Waals surface area contributed by atoms with E-state index in [1.165, 1.54) is 22.4 Å². The van der Waals surface area contributed by atoms with Crippen LogP contribution in [0.15, 0.2) is 146 Å². The highest BCUT2D eigenvalue weighted by Gasteiger charge is 2.33. The number of hydrogen-bond donors (Lipinski definition) is 0. The number of anilines is 5. The van der Waals surface area contributed by atoms with E-state index in [-0.39, 0.29) is 17.4 Å². The number of aromatic nitrogens is 2. The van der Waals surface area contributed by atoms with Gasteiger partial charge in [0, 0.05) is 51.9 Å². The van der Waals surface area contributed by atoms with Crippen molar-refractivity contribution >= 4 is 28.4 Å². The second-order valence-corrected chi connectivity index (χ2v) is 12.8. The van der Waals surface area contributed by atoms with Crippen molar-refractivity contribution in [1.82, 2.24) is 9.97 Å². The molecule has 0 radical (unpaired) electrons. The van der Waals surface area contributed by atoms with Crippen LogP contribution < -0.4 is 9.80 Å². The molecule has 0 saturated carbocycles. The lowest BCUT2D eigenvalue weighted by molar-refractivity contribution is 0.533. The van der Waals surface area contributed by atoms with Crippen LogP contribution in [0, 0.1) is 28.6 Å². The Labute approximate surface area is 291 Å². The molecule has 6 nitrogen and oxygen atoms in total. The Kier molecular flexibility index (Phi) is 7.08. The molecule has 1 aliphatic carbocycles. The summed E-state index contributed by atoms with van der Waals surface area (Å²) in [7, 11) is 0. The van der Waals surface area contributed by atoms with Crippen LogP contribution in [0.3, 0.4) is 0 Å². The van der Waals surface area contributed by atoms with E-state index in [1.807, 2.05) is 36.4 Å². The Morgan fingerprint density at radius 2 is 1.04 bits per heavy atom. The lowest BCUT2D eigenvalue weighted by Crippen LogP contribution is -2.41. The highest BCUT2D eigenvalue weighted by Crippen LogP contribution is 2.45. The molecule has 3 heterocycles. The molecule has 0 fully saturated rings. The van der Waals surface area contributed by atoms with Crippen LogP contribution >= 0.6 is 0 Å². The monoisotopic (exact) mass is 642 g/mol. The maximum absolute atomic E-state index is 10.2. The van der Waals surface area contributed by atoms with Crippen LogP contribution in [0.25, 0.3) is 22.5 Å². The predicted octanol–water partition coefficient (Wildman–Crippen LogP) is 9.73. The number of benzene rings is 5. The summed E-state index contributed by atoms with van der Waals surface area (Å²) in [5.74, 6) is 0.386. The first-order valence-electron chi connectivity index (χ1n) is 16.8. The van der Waals surface area contributed by atoms with Crippen molar-refractivity contribution in [2.75, 3.05) is 9.80 Å². The Hall–Kier alpha value is -6.76. The third-order valence-electron chi connectivity index (χ3n) is 9.99. The predicted molar refractivity (Wildman–Crippen MR) is 198 cm³/mol. The van der Waals surface area contributed by atoms with Gasteiger partial charge in [-0.25, -0.2) is 9.97 Å². The zero-order valence-corrected chi connectivity index (χ0v) is 27.1. The largest absolute Gasteiger partial charge is 0.334 e. The summed E-state index contributed by atoms with van der Waals surface area (Å²) in [6.07, 6.45) is 10.7. The molecule has 236 valence electrons. The third-order valence-corrected chi connectivity index (χ3v) is 9.99. The van der Waals surface area contributed by atoms with Crippen LogP contribution in [0.5, 0.6) is 0 Å². The zero-order valence-electron chi connectivity index (χ0n) is 27.1. The lowest BCUT2D eigenvalue weighted by atomic mass is 9.82. The van der Waals surface area contributed by atoms with Crippen molar-refractivity contribution in [3.8, 4) is 34.7 Å². The second-order valence-electron chi connectivity index (χ2n) is 12.8. The van der Waals surface area contributed by atoms with Gasteiger partial charge in [-0.05, 0) is 65.6 Å². The normalized spacial score (nSPS) is 16.8. The summed E-state index contributed by atoms with van der Waals surface area (Å²) < 4.78 is 0. The summed E-state index contributed by atoms with van der Waals surface area (Å²) >= 11 is 0. The van der Waals surface area contributed by atoms with Gasteiger partial charge in [0.1, 0.15) is 23.5 Å². The number of para-hydroxylation sites is 3. The number of allylic oxidation sites excluding steroid dienone is 2. The van der Waals surface area contributed by atoms with Gasteiger partial charge in [-0.2, -0.15) is 10.5 Å². The first-order chi connectivity index (χ1) is 24.7. The molecule has 2 aliphatic heterocycles.